The van der Waals surface area contributed by atoms with Crippen molar-refractivity contribution in [2.45, 2.75) is 33.2 Å². The minimum absolute atomic E-state index is 0.628. The minimum Gasteiger partial charge on any atom is -0.398 e. The average Bonchev–Trinajstić information content (AvgIpc) is 2.34. The summed E-state index contributed by atoms with van der Waals surface area (Å²) in [7, 11) is 2.17. The van der Waals surface area contributed by atoms with Crippen molar-refractivity contribution in [3.8, 4) is 0 Å². The molecule has 0 fully saturated rings. The first kappa shape index (κ1) is 15.3. The Morgan fingerprint density at radius 2 is 2.11 bits per heavy atom. The number of nitrogens with zero attached hydrogens (tertiary/aromatic N) is 1. The molecule has 3 nitrogen and oxygen atoms in total. The molecule has 1 aromatic carbocycles. The summed E-state index contributed by atoms with van der Waals surface area (Å²) in [5.74, 6) is 0. The molecule has 0 radical (unpaired) electrons. The molecule has 1 aromatic rings. The Kier molecular flexibility index (Phi) is 5.96. The Morgan fingerprint density at radius 1 is 1.44 bits per heavy atom. The third-order valence-corrected chi connectivity index (χ3v) is 4.14. The van der Waals surface area contributed by atoms with E-state index >= 15 is 0 Å². The molecule has 0 saturated heterocycles. The van der Waals surface area contributed by atoms with Gasteiger partial charge in [-0.1, -0.05) is 6.92 Å². The fourth-order valence-corrected chi connectivity index (χ4v) is 2.23. The number of hydrogen-bond acceptors (Lipinski definition) is 3. The van der Waals surface area contributed by atoms with Crippen molar-refractivity contribution in [2.24, 2.45) is 0 Å². The van der Waals surface area contributed by atoms with E-state index < -0.39 is 0 Å². The van der Waals surface area contributed by atoms with Gasteiger partial charge in [-0.25, -0.2) is 0 Å². The van der Waals surface area contributed by atoms with E-state index in [1.807, 2.05) is 13.0 Å². The van der Waals surface area contributed by atoms with E-state index in [9.17, 15) is 0 Å². The maximum absolute atomic E-state index is 5.86. The molecule has 0 spiro atoms. The number of nitrogens with one attached hydrogen (secondary N) is 1. The number of halogens is 1. The fraction of sp³-hybridized carbons (Fsp3) is 0.571. The zero-order chi connectivity index (χ0) is 13.7. The number of rotatable bonds is 6. The first-order valence-electron chi connectivity index (χ1n) is 6.45. The smallest absolute Gasteiger partial charge is 0.0489 e. The molecule has 3 N–H and O–H groups in total. The Morgan fingerprint density at radius 3 is 2.72 bits per heavy atom. The maximum Gasteiger partial charge on any atom is 0.0489 e. The van der Waals surface area contributed by atoms with Crippen LogP contribution >= 0.6 is 15.9 Å². The van der Waals surface area contributed by atoms with E-state index in [1.165, 1.54) is 6.42 Å². The summed E-state index contributed by atoms with van der Waals surface area (Å²) in [4.78, 5) is 2.37. The van der Waals surface area contributed by atoms with Crippen molar-refractivity contribution in [1.29, 1.82) is 0 Å². The third-order valence-electron chi connectivity index (χ3n) is 3.48. The molecule has 1 unspecified atom stereocenters. The van der Waals surface area contributed by atoms with Gasteiger partial charge in [-0.2, -0.15) is 0 Å². The highest BCUT2D eigenvalue weighted by atomic mass is 79.9. The molecule has 0 aliphatic heterocycles. The van der Waals surface area contributed by atoms with Gasteiger partial charge in [0.1, 0.15) is 0 Å². The number of hydrogen-bond donors (Lipinski definition) is 2. The van der Waals surface area contributed by atoms with Gasteiger partial charge in [-0.15, -0.1) is 0 Å². The highest BCUT2D eigenvalue weighted by Gasteiger charge is 2.07. The Hall–Kier alpha value is -0.740. The van der Waals surface area contributed by atoms with Crippen molar-refractivity contribution in [3.63, 3.8) is 0 Å². The maximum atomic E-state index is 5.86. The van der Waals surface area contributed by atoms with Gasteiger partial charge in [-0.3, -0.25) is 0 Å². The first-order chi connectivity index (χ1) is 8.45. The summed E-state index contributed by atoms with van der Waals surface area (Å²) in [5, 5.41) is 3.45. The standard InChI is InChI=1S/C14H24BrN3/c1-5-11(3)18(4)7-6-17-14-8-10(2)13(16)9-12(14)15/h8-9,11,17H,5-7,16H2,1-4H3. The summed E-state index contributed by atoms with van der Waals surface area (Å²) in [6.07, 6.45) is 1.18. The van der Waals surface area contributed by atoms with Crippen LogP contribution < -0.4 is 11.1 Å². The number of nitrogen functional groups attached to an aromatic ring is 1. The molecule has 102 valence electrons. The van der Waals surface area contributed by atoms with E-state index in [2.05, 4.69) is 53.1 Å². The van der Waals surface area contributed by atoms with Crippen molar-refractivity contribution >= 4 is 27.3 Å². The van der Waals surface area contributed by atoms with E-state index in [4.69, 9.17) is 5.73 Å². The van der Waals surface area contributed by atoms with Crippen LogP contribution in [0.2, 0.25) is 0 Å². The Balaban J connectivity index is 2.52. The fourth-order valence-electron chi connectivity index (χ4n) is 1.73. The van der Waals surface area contributed by atoms with Crippen LogP contribution in [0.4, 0.5) is 11.4 Å². The predicted octanol–water partition coefficient (Wildman–Crippen LogP) is 3.48. The van der Waals surface area contributed by atoms with E-state index in [0.29, 0.717) is 6.04 Å². The van der Waals surface area contributed by atoms with Crippen LogP contribution in [0.3, 0.4) is 0 Å². The van der Waals surface area contributed by atoms with E-state index in [1.54, 1.807) is 0 Å². The second kappa shape index (κ2) is 7.00. The number of likely N-dealkylation sites (N-methyl/N-ethyl adjacent to an activating group) is 1. The number of benzene rings is 1. The molecule has 0 bridgehead atoms. The zero-order valence-corrected chi connectivity index (χ0v) is 13.3. The van der Waals surface area contributed by atoms with E-state index in [-0.39, 0.29) is 0 Å². The van der Waals surface area contributed by atoms with Gasteiger partial charge in [-0.05, 0) is 60.9 Å². The lowest BCUT2D eigenvalue weighted by molar-refractivity contribution is 0.261. The first-order valence-corrected chi connectivity index (χ1v) is 7.24. The number of anilines is 2. The van der Waals surface area contributed by atoms with Crippen molar-refractivity contribution in [1.82, 2.24) is 4.90 Å². The molecule has 0 aromatic heterocycles. The molecule has 0 saturated carbocycles. The van der Waals surface area contributed by atoms with Crippen LogP contribution in [0.5, 0.6) is 0 Å². The number of nitrogens with two attached hydrogens (primary N) is 1. The summed E-state index contributed by atoms with van der Waals surface area (Å²) >= 11 is 3.53. The van der Waals surface area contributed by atoms with Gasteiger partial charge in [0.05, 0.1) is 0 Å². The molecule has 0 heterocycles. The third kappa shape index (κ3) is 4.18. The SMILES string of the molecule is CCC(C)N(C)CCNc1cc(C)c(N)cc1Br. The molecular formula is C14H24BrN3. The van der Waals surface area contributed by atoms with Crippen molar-refractivity contribution in [3.05, 3.63) is 22.2 Å². The quantitative estimate of drug-likeness (QED) is 0.790. The summed E-state index contributed by atoms with van der Waals surface area (Å²) in [6, 6.07) is 4.67. The monoisotopic (exact) mass is 313 g/mol. The largest absolute Gasteiger partial charge is 0.398 e. The van der Waals surface area contributed by atoms with Gasteiger partial charge in [0.25, 0.3) is 0 Å². The molecule has 0 aliphatic rings. The molecule has 18 heavy (non-hydrogen) atoms. The van der Waals surface area contributed by atoms with Crippen LogP contribution in [-0.2, 0) is 0 Å². The van der Waals surface area contributed by atoms with Crippen LogP contribution in [0.15, 0.2) is 16.6 Å². The normalized spacial score (nSPS) is 12.8. The molecular weight excluding hydrogens is 290 g/mol. The molecule has 0 aliphatic carbocycles. The Labute approximate surface area is 119 Å². The van der Waals surface area contributed by atoms with Crippen molar-refractivity contribution in [2.75, 3.05) is 31.2 Å². The average molecular weight is 314 g/mol. The van der Waals surface area contributed by atoms with Gasteiger partial charge in [0.2, 0.25) is 0 Å². The molecule has 1 atom stereocenters. The number of aryl methyl sites for hydroxylation is 1. The van der Waals surface area contributed by atoms with Gasteiger partial charge in [0.15, 0.2) is 0 Å². The molecule has 1 rings (SSSR count). The van der Waals surface area contributed by atoms with Crippen LogP contribution in [0, 0.1) is 6.92 Å². The molecule has 4 heteroatoms. The highest BCUT2D eigenvalue weighted by Crippen LogP contribution is 2.27. The van der Waals surface area contributed by atoms with Crippen LogP contribution in [0.1, 0.15) is 25.8 Å². The molecule has 0 amide bonds. The van der Waals surface area contributed by atoms with Crippen LogP contribution in [-0.4, -0.2) is 31.1 Å². The lowest BCUT2D eigenvalue weighted by Crippen LogP contribution is -2.32. The van der Waals surface area contributed by atoms with Gasteiger partial charge >= 0.3 is 0 Å². The summed E-state index contributed by atoms with van der Waals surface area (Å²) < 4.78 is 1.02. The van der Waals surface area contributed by atoms with Gasteiger partial charge in [0, 0.05) is 35.0 Å². The predicted molar refractivity (Wildman–Crippen MR) is 84.2 cm³/mol. The van der Waals surface area contributed by atoms with Gasteiger partial charge < -0.3 is 16.0 Å². The summed E-state index contributed by atoms with van der Waals surface area (Å²) in [5.41, 5.74) is 8.90. The lowest BCUT2D eigenvalue weighted by Gasteiger charge is -2.24. The minimum atomic E-state index is 0.628. The topological polar surface area (TPSA) is 41.3 Å². The van der Waals surface area contributed by atoms with Crippen LogP contribution in [0.25, 0.3) is 0 Å². The van der Waals surface area contributed by atoms with Crippen molar-refractivity contribution < 1.29 is 0 Å². The lowest BCUT2D eigenvalue weighted by atomic mass is 10.2. The second-order valence-corrected chi connectivity index (χ2v) is 5.71. The highest BCUT2D eigenvalue weighted by molar-refractivity contribution is 9.10. The second-order valence-electron chi connectivity index (χ2n) is 4.85. The summed E-state index contributed by atoms with van der Waals surface area (Å²) in [6.45, 7) is 8.46. The van der Waals surface area contributed by atoms with E-state index in [0.717, 1.165) is 34.5 Å². The Bertz CT molecular complexity index is 393. The zero-order valence-electron chi connectivity index (χ0n) is 11.8.